The highest BCUT2D eigenvalue weighted by atomic mass is 16.4. The van der Waals surface area contributed by atoms with Crippen LogP contribution in [0.25, 0.3) is 11.5 Å². The summed E-state index contributed by atoms with van der Waals surface area (Å²) in [4.78, 5) is 2.32. The van der Waals surface area contributed by atoms with Crippen LogP contribution in [0.3, 0.4) is 0 Å². The van der Waals surface area contributed by atoms with Crippen LogP contribution in [0.5, 0.6) is 0 Å². The number of nitrogens with zero attached hydrogens (tertiary/aromatic N) is 3. The van der Waals surface area contributed by atoms with E-state index in [1.165, 1.54) is 12.8 Å². The maximum absolute atomic E-state index is 8.99. The number of β-amino-alcohol motifs (C(OH)–C–C–N with tert-alkyl or cyclic N) is 1. The lowest BCUT2D eigenvalue weighted by Gasteiger charge is -2.31. The molecule has 0 saturated carbocycles. The predicted octanol–water partition coefficient (Wildman–Crippen LogP) is 2.09. The zero-order valence-electron chi connectivity index (χ0n) is 14.2. The average molecular weight is 330 g/mol. The zero-order valence-corrected chi connectivity index (χ0v) is 14.2. The molecule has 0 bridgehead atoms. The smallest absolute Gasteiger partial charge is 0.247 e. The Hall–Kier alpha value is -1.76. The van der Waals surface area contributed by atoms with Gasteiger partial charge in [-0.3, -0.25) is 0 Å². The minimum Gasteiger partial charge on any atom is -0.419 e. The normalized spacial score (nSPS) is 17.9. The summed E-state index contributed by atoms with van der Waals surface area (Å²) in [6, 6.07) is 9.88. The molecule has 0 unspecified atom stereocenters. The molecule has 1 aromatic heterocycles. The number of piperidine rings is 1. The quantitative estimate of drug-likeness (QED) is 0.810. The molecule has 2 aromatic rings. The number of rotatable bonds is 7. The van der Waals surface area contributed by atoms with Crippen molar-refractivity contribution in [2.24, 2.45) is 5.92 Å². The van der Waals surface area contributed by atoms with Crippen molar-refractivity contribution < 1.29 is 9.52 Å². The molecule has 1 atom stereocenters. The summed E-state index contributed by atoms with van der Waals surface area (Å²) in [5.74, 6) is 1.86. The number of hydrogen-bond donors (Lipinski definition) is 2. The van der Waals surface area contributed by atoms with E-state index in [0.717, 1.165) is 31.7 Å². The number of aromatic nitrogens is 2. The lowest BCUT2D eigenvalue weighted by Crippen LogP contribution is -2.39. The Morgan fingerprint density at radius 3 is 2.71 bits per heavy atom. The molecule has 24 heavy (non-hydrogen) atoms. The van der Waals surface area contributed by atoms with Crippen LogP contribution in [0.15, 0.2) is 34.7 Å². The molecule has 3 rings (SSSR count). The van der Waals surface area contributed by atoms with E-state index in [0.29, 0.717) is 17.7 Å². The highest BCUT2D eigenvalue weighted by molar-refractivity contribution is 5.51. The minimum absolute atomic E-state index is 0.0467. The molecule has 6 heteroatoms. The fourth-order valence-corrected chi connectivity index (χ4v) is 3.09. The third-order valence-electron chi connectivity index (χ3n) is 4.67. The fraction of sp³-hybridized carbons (Fsp3) is 0.556. The van der Waals surface area contributed by atoms with Crippen molar-refractivity contribution >= 4 is 0 Å². The van der Waals surface area contributed by atoms with Crippen LogP contribution in [-0.2, 0) is 0 Å². The van der Waals surface area contributed by atoms with Gasteiger partial charge in [0.1, 0.15) is 0 Å². The van der Waals surface area contributed by atoms with Crippen LogP contribution in [0.2, 0.25) is 0 Å². The average Bonchev–Trinajstić information content (AvgIpc) is 3.12. The topological polar surface area (TPSA) is 74.4 Å². The van der Waals surface area contributed by atoms with Crippen LogP contribution in [-0.4, -0.2) is 53.0 Å². The Bertz CT molecular complexity index is 608. The van der Waals surface area contributed by atoms with Crippen LogP contribution in [0, 0.1) is 5.92 Å². The number of nitrogens with one attached hydrogen (secondary N) is 1. The molecular formula is C18H26N4O2. The predicted molar refractivity (Wildman–Crippen MR) is 92.4 cm³/mol. The minimum atomic E-state index is 0.0467. The first-order valence-electron chi connectivity index (χ1n) is 8.71. The molecule has 6 nitrogen and oxygen atoms in total. The molecule has 0 radical (unpaired) electrons. The first-order valence-corrected chi connectivity index (χ1v) is 8.71. The molecule has 1 aromatic carbocycles. The summed E-state index contributed by atoms with van der Waals surface area (Å²) in [7, 11) is 0. The molecule has 0 spiro atoms. The zero-order chi connectivity index (χ0) is 16.8. The summed E-state index contributed by atoms with van der Waals surface area (Å²) >= 11 is 0. The maximum atomic E-state index is 8.99. The third kappa shape index (κ3) is 4.41. The van der Waals surface area contributed by atoms with Gasteiger partial charge in [-0.05, 0) is 57.5 Å². The Labute approximate surface area is 142 Å². The van der Waals surface area contributed by atoms with Gasteiger partial charge in [-0.15, -0.1) is 10.2 Å². The molecule has 2 N–H and O–H groups in total. The van der Waals surface area contributed by atoms with Crippen LogP contribution < -0.4 is 5.32 Å². The number of aliphatic hydroxyl groups excluding tert-OH is 1. The van der Waals surface area contributed by atoms with Crippen molar-refractivity contribution in [3.8, 4) is 11.5 Å². The van der Waals surface area contributed by atoms with E-state index >= 15 is 0 Å². The molecule has 1 saturated heterocycles. The first kappa shape index (κ1) is 17.1. The van der Waals surface area contributed by atoms with E-state index in [-0.39, 0.29) is 12.6 Å². The van der Waals surface area contributed by atoms with Gasteiger partial charge in [0.05, 0.1) is 12.6 Å². The first-order chi connectivity index (χ1) is 11.8. The highest BCUT2D eigenvalue weighted by Gasteiger charge is 2.21. The molecule has 130 valence electrons. The molecular weight excluding hydrogens is 304 g/mol. The van der Waals surface area contributed by atoms with Gasteiger partial charge in [0, 0.05) is 12.1 Å². The maximum Gasteiger partial charge on any atom is 0.247 e. The second-order valence-electron chi connectivity index (χ2n) is 6.45. The Morgan fingerprint density at radius 2 is 2.00 bits per heavy atom. The van der Waals surface area contributed by atoms with Crippen molar-refractivity contribution in [2.75, 3.05) is 32.8 Å². The van der Waals surface area contributed by atoms with Gasteiger partial charge in [0.15, 0.2) is 0 Å². The fourth-order valence-electron chi connectivity index (χ4n) is 3.09. The summed E-state index contributed by atoms with van der Waals surface area (Å²) in [6.07, 6.45) is 2.33. The molecule has 2 heterocycles. The van der Waals surface area contributed by atoms with Gasteiger partial charge in [-0.1, -0.05) is 18.2 Å². The summed E-state index contributed by atoms with van der Waals surface area (Å²) in [5, 5.41) is 20.8. The van der Waals surface area contributed by atoms with E-state index in [9.17, 15) is 0 Å². The number of likely N-dealkylation sites (tertiary alicyclic amines) is 1. The van der Waals surface area contributed by atoms with E-state index in [4.69, 9.17) is 9.52 Å². The van der Waals surface area contributed by atoms with Crippen molar-refractivity contribution in [1.29, 1.82) is 0 Å². The Kier molecular flexibility index (Phi) is 5.96. The van der Waals surface area contributed by atoms with Gasteiger partial charge < -0.3 is 19.7 Å². The number of aliphatic hydroxyl groups is 1. The molecule has 0 amide bonds. The molecule has 1 fully saturated rings. The lowest BCUT2D eigenvalue weighted by atomic mass is 9.96. The van der Waals surface area contributed by atoms with Gasteiger partial charge >= 0.3 is 0 Å². The Balaban J connectivity index is 1.48. The van der Waals surface area contributed by atoms with E-state index in [1.807, 2.05) is 30.3 Å². The lowest BCUT2D eigenvalue weighted by molar-refractivity contribution is 0.145. The van der Waals surface area contributed by atoms with Gasteiger partial charge in [0.2, 0.25) is 11.8 Å². The Morgan fingerprint density at radius 1 is 1.25 bits per heavy atom. The largest absolute Gasteiger partial charge is 0.419 e. The monoisotopic (exact) mass is 330 g/mol. The van der Waals surface area contributed by atoms with E-state index in [2.05, 4.69) is 27.3 Å². The standard InChI is InChI=1S/C18H26N4O2/c1-14(19-13-15-7-9-22(10-8-15)11-12-23)17-20-21-18(24-17)16-5-3-2-4-6-16/h2-6,14-15,19,23H,7-13H2,1H3/t14-/m1/s1. The summed E-state index contributed by atoms with van der Waals surface area (Å²) in [6.45, 7) is 6.20. The second-order valence-corrected chi connectivity index (χ2v) is 6.45. The van der Waals surface area contributed by atoms with E-state index in [1.54, 1.807) is 0 Å². The van der Waals surface area contributed by atoms with Crippen molar-refractivity contribution in [3.63, 3.8) is 0 Å². The molecule has 0 aliphatic carbocycles. The van der Waals surface area contributed by atoms with Gasteiger partial charge in [0.25, 0.3) is 0 Å². The van der Waals surface area contributed by atoms with E-state index < -0.39 is 0 Å². The summed E-state index contributed by atoms with van der Waals surface area (Å²) < 4.78 is 5.80. The van der Waals surface area contributed by atoms with Crippen molar-refractivity contribution in [2.45, 2.75) is 25.8 Å². The second kappa shape index (κ2) is 8.37. The SMILES string of the molecule is C[C@@H](NCC1CCN(CCO)CC1)c1nnc(-c2ccccc2)o1. The summed E-state index contributed by atoms with van der Waals surface area (Å²) in [5.41, 5.74) is 0.944. The molecule has 1 aliphatic heterocycles. The van der Waals surface area contributed by atoms with Crippen molar-refractivity contribution in [3.05, 3.63) is 36.2 Å². The van der Waals surface area contributed by atoms with Crippen LogP contribution in [0.4, 0.5) is 0 Å². The number of hydrogen-bond acceptors (Lipinski definition) is 6. The van der Waals surface area contributed by atoms with Crippen molar-refractivity contribution in [1.82, 2.24) is 20.4 Å². The number of benzene rings is 1. The molecule has 1 aliphatic rings. The van der Waals surface area contributed by atoms with Gasteiger partial charge in [-0.25, -0.2) is 0 Å². The highest BCUT2D eigenvalue weighted by Crippen LogP contribution is 2.21. The van der Waals surface area contributed by atoms with Crippen LogP contribution in [0.1, 0.15) is 31.7 Å². The third-order valence-corrected chi connectivity index (χ3v) is 4.67. The van der Waals surface area contributed by atoms with Crippen LogP contribution >= 0.6 is 0 Å². The van der Waals surface area contributed by atoms with Gasteiger partial charge in [-0.2, -0.15) is 0 Å².